The van der Waals surface area contributed by atoms with E-state index in [2.05, 4.69) is 13.4 Å². The van der Waals surface area contributed by atoms with Crippen molar-refractivity contribution in [3.05, 3.63) is 0 Å². The van der Waals surface area contributed by atoms with Crippen molar-refractivity contribution in [1.82, 2.24) is 0 Å². The predicted molar refractivity (Wildman–Crippen MR) is 40.9 cm³/mol. The van der Waals surface area contributed by atoms with Gasteiger partial charge in [-0.05, 0) is 0 Å². The summed E-state index contributed by atoms with van der Waals surface area (Å²) in [5.41, 5.74) is 0. The number of hydrogen-bond acceptors (Lipinski definition) is 7. The van der Waals surface area contributed by atoms with E-state index >= 15 is 0 Å². The number of alkyl halides is 1. The molecule has 0 rings (SSSR count). The minimum Gasteiger partial charge on any atom is -0.789 e. The van der Waals surface area contributed by atoms with Gasteiger partial charge in [0.2, 0.25) is 0 Å². The molecule has 0 fully saturated rings. The van der Waals surface area contributed by atoms with Gasteiger partial charge in [0.05, 0.1) is 7.82 Å². The van der Waals surface area contributed by atoms with Crippen LogP contribution in [-0.2, 0) is 22.5 Å². The Balaban J connectivity index is 0. The van der Waals surface area contributed by atoms with E-state index in [0.717, 1.165) is 7.11 Å². The summed E-state index contributed by atoms with van der Waals surface area (Å²) in [6, 6.07) is -0.620. The van der Waals surface area contributed by atoms with E-state index in [1.165, 1.54) is 0 Å². The first kappa shape index (κ1) is 17.2. The third-order valence-corrected chi connectivity index (χ3v) is 3.38. The van der Waals surface area contributed by atoms with Crippen LogP contribution in [0.1, 0.15) is 0 Å². The number of hydrogen-bond donors (Lipinski definition) is 0. The first-order chi connectivity index (χ1) is 5.33. The summed E-state index contributed by atoms with van der Waals surface area (Å²) in [5.74, 6) is 0. The molecule has 0 aromatic heterocycles. The zero-order chi connectivity index (χ0) is 9.83. The van der Waals surface area contributed by atoms with Crippen LogP contribution in [0, 0.1) is 0 Å². The third-order valence-electron chi connectivity index (χ3n) is 0.631. The zero-order valence-corrected chi connectivity index (χ0v) is 11.3. The molecule has 7 nitrogen and oxygen atoms in total. The van der Waals surface area contributed by atoms with Crippen LogP contribution in [0.3, 0.4) is 0 Å². The van der Waals surface area contributed by atoms with E-state index in [9.17, 15) is 18.9 Å². The van der Waals surface area contributed by atoms with Crippen LogP contribution < -0.4 is 9.79 Å². The summed E-state index contributed by atoms with van der Waals surface area (Å²) in [6.45, 7) is 0. The Morgan fingerprint density at radius 3 is 2.08 bits per heavy atom. The Hall–Kier alpha value is 1.81. The van der Waals surface area contributed by atoms with Crippen LogP contribution in [0.4, 0.5) is 0 Å². The molecule has 1 unspecified atom stereocenters. The molecule has 0 bridgehead atoms. The van der Waals surface area contributed by atoms with E-state index < -0.39 is 21.7 Å². The van der Waals surface area contributed by atoms with Gasteiger partial charge in [-0.1, -0.05) is 11.6 Å². The van der Waals surface area contributed by atoms with Gasteiger partial charge in [0.25, 0.3) is 0 Å². The van der Waals surface area contributed by atoms with Gasteiger partial charge in [0.1, 0.15) is 6.07 Å². The van der Waals surface area contributed by atoms with Crippen molar-refractivity contribution >= 4 is 65.0 Å². The van der Waals surface area contributed by atoms with E-state index in [0.29, 0.717) is 0 Å². The number of rotatable bonds is 5. The standard InChI is InChI=1S/C2H7ClO7P2.Ca/c1-8-12(7,9-2-3)10-11(4,5)6;/h2H2,1H3,(H2,4,5,6);/q;+2/p-2. The largest absolute Gasteiger partial charge is 2.00 e. The molecule has 1 atom stereocenters. The molecule has 0 aliphatic carbocycles. The van der Waals surface area contributed by atoms with Crippen LogP contribution in [0.15, 0.2) is 0 Å². The van der Waals surface area contributed by atoms with Crippen LogP contribution in [0.2, 0.25) is 0 Å². The minimum absolute atomic E-state index is 0. The summed E-state index contributed by atoms with van der Waals surface area (Å²) >= 11 is 4.95. The van der Waals surface area contributed by atoms with Crippen LogP contribution in [0.25, 0.3) is 0 Å². The SMILES string of the molecule is COP(=O)(OCCl)OP(=O)([O-])[O-].[Ca+2]. The fraction of sp³-hybridized carbons (Fsp3) is 1.00. The van der Waals surface area contributed by atoms with E-state index in [1.54, 1.807) is 0 Å². The molecule has 0 spiro atoms. The first-order valence-electron chi connectivity index (χ1n) is 2.42. The monoisotopic (exact) mass is 278 g/mol. The molecule has 0 aromatic rings. The fourth-order valence-electron chi connectivity index (χ4n) is 0.292. The molecular weight excluding hydrogens is 273 g/mol. The topological polar surface area (TPSA) is 108 Å². The van der Waals surface area contributed by atoms with Crippen molar-refractivity contribution in [2.75, 3.05) is 13.2 Å². The van der Waals surface area contributed by atoms with Crippen molar-refractivity contribution < 1.29 is 32.3 Å². The molecule has 0 aliphatic rings. The molecule has 11 heteroatoms. The average Bonchev–Trinajstić information content (AvgIpc) is 1.84. The first-order valence-corrected chi connectivity index (χ1v) is 5.88. The molecule has 74 valence electrons. The van der Waals surface area contributed by atoms with Crippen LogP contribution >= 0.6 is 27.2 Å². The summed E-state index contributed by atoms with van der Waals surface area (Å²) in [4.78, 5) is 19.9. The van der Waals surface area contributed by atoms with Gasteiger partial charge in [0.15, 0.2) is 0 Å². The summed E-state index contributed by atoms with van der Waals surface area (Å²) in [7, 11) is -8.90. The summed E-state index contributed by atoms with van der Waals surface area (Å²) in [5, 5.41) is 0. The second-order valence-electron chi connectivity index (χ2n) is 1.40. The van der Waals surface area contributed by atoms with Crippen molar-refractivity contribution in [2.45, 2.75) is 0 Å². The van der Waals surface area contributed by atoms with Crippen molar-refractivity contribution in [2.24, 2.45) is 0 Å². The molecule has 0 saturated carbocycles. The molecular formula is C2H5CaClO7P2. The van der Waals surface area contributed by atoms with Gasteiger partial charge >= 0.3 is 45.6 Å². The molecule has 0 radical (unpaired) electrons. The van der Waals surface area contributed by atoms with Gasteiger partial charge in [-0.2, -0.15) is 0 Å². The molecule has 0 heterocycles. The third kappa shape index (κ3) is 8.78. The Morgan fingerprint density at radius 2 is 1.85 bits per heavy atom. The van der Waals surface area contributed by atoms with Gasteiger partial charge in [-0.3, -0.25) is 13.4 Å². The van der Waals surface area contributed by atoms with Gasteiger partial charge in [0, 0.05) is 7.11 Å². The van der Waals surface area contributed by atoms with E-state index in [4.69, 9.17) is 11.6 Å². The number of phosphoric ester groups is 1. The molecule has 0 saturated heterocycles. The van der Waals surface area contributed by atoms with Crippen molar-refractivity contribution in [3.8, 4) is 0 Å². The normalized spacial score (nSPS) is 16.0. The Bertz CT molecular complexity index is 227. The number of phosphoric acid groups is 2. The Kier molecular flexibility index (Phi) is 9.46. The van der Waals surface area contributed by atoms with E-state index in [-0.39, 0.29) is 37.7 Å². The second kappa shape index (κ2) is 7.14. The average molecular weight is 279 g/mol. The Labute approximate surface area is 110 Å². The smallest absolute Gasteiger partial charge is 0.789 e. The van der Waals surface area contributed by atoms with Gasteiger partial charge in [-0.15, -0.1) is 0 Å². The maximum Gasteiger partial charge on any atom is 2.00 e. The molecule has 0 aromatic carbocycles. The quantitative estimate of drug-likeness (QED) is 0.376. The molecule has 0 N–H and O–H groups in total. The summed E-state index contributed by atoms with van der Waals surface area (Å²) in [6.07, 6.45) is 0. The summed E-state index contributed by atoms with van der Waals surface area (Å²) < 4.78 is 32.4. The maximum atomic E-state index is 10.9. The number of halogens is 1. The minimum atomic E-state index is -5.41. The van der Waals surface area contributed by atoms with Gasteiger partial charge in [-0.25, -0.2) is 4.57 Å². The molecule has 0 amide bonds. The van der Waals surface area contributed by atoms with E-state index in [1.807, 2.05) is 0 Å². The predicted octanol–water partition coefficient (Wildman–Crippen LogP) is -0.582. The Morgan fingerprint density at radius 1 is 1.38 bits per heavy atom. The van der Waals surface area contributed by atoms with Crippen LogP contribution in [0.5, 0.6) is 0 Å². The molecule has 13 heavy (non-hydrogen) atoms. The second-order valence-corrected chi connectivity index (χ2v) is 4.68. The maximum absolute atomic E-state index is 10.9. The zero-order valence-electron chi connectivity index (χ0n) is 6.54. The van der Waals surface area contributed by atoms with Crippen molar-refractivity contribution in [3.63, 3.8) is 0 Å². The van der Waals surface area contributed by atoms with Gasteiger partial charge < -0.3 is 14.4 Å². The van der Waals surface area contributed by atoms with Crippen LogP contribution in [-0.4, -0.2) is 50.9 Å². The fourth-order valence-corrected chi connectivity index (χ4v) is 2.31. The molecule has 0 aliphatic heterocycles. The van der Waals surface area contributed by atoms with Crippen molar-refractivity contribution in [1.29, 1.82) is 0 Å².